The summed E-state index contributed by atoms with van der Waals surface area (Å²) in [5.74, 6) is -1.21. The predicted octanol–water partition coefficient (Wildman–Crippen LogP) is 0.848. The molecular formula is C8H8O4. The van der Waals surface area contributed by atoms with E-state index in [2.05, 4.69) is 4.74 Å². The van der Waals surface area contributed by atoms with Crippen LogP contribution in [-0.2, 0) is 14.3 Å². The molecule has 64 valence electrons. The summed E-state index contributed by atoms with van der Waals surface area (Å²) in [5, 5.41) is 9.19. The lowest BCUT2D eigenvalue weighted by atomic mass is 10.2. The fourth-order valence-corrected chi connectivity index (χ4v) is 0.789. The Hall–Kier alpha value is -1.58. The maximum absolute atomic E-state index is 10.8. The highest BCUT2D eigenvalue weighted by atomic mass is 16.6. The van der Waals surface area contributed by atoms with Gasteiger partial charge in [-0.3, -0.25) is 4.79 Å². The zero-order chi connectivity index (χ0) is 9.30. The zero-order valence-corrected chi connectivity index (χ0v) is 6.75. The molecule has 0 fully saturated rings. The number of rotatable bonds is 1. The van der Waals surface area contributed by atoms with Crippen molar-refractivity contribution in [3.05, 3.63) is 23.2 Å². The highest BCUT2D eigenvalue weighted by Crippen LogP contribution is 2.22. The zero-order valence-electron chi connectivity index (χ0n) is 6.75. The molecular weight excluding hydrogens is 160 g/mol. The Balaban J connectivity index is 3.02. The number of hydrogen-bond acceptors (Lipinski definition) is 4. The Bertz CT molecular complexity index is 309. The van der Waals surface area contributed by atoms with Gasteiger partial charge in [0.25, 0.3) is 0 Å². The van der Waals surface area contributed by atoms with Gasteiger partial charge in [0.15, 0.2) is 17.3 Å². The van der Waals surface area contributed by atoms with Crippen molar-refractivity contribution in [3.63, 3.8) is 0 Å². The molecule has 0 aromatic carbocycles. The lowest BCUT2D eigenvalue weighted by molar-refractivity contribution is -0.133. The highest BCUT2D eigenvalue weighted by molar-refractivity contribution is 5.96. The number of allylic oxidation sites excluding steroid dienone is 1. The maximum atomic E-state index is 10.8. The molecule has 0 atom stereocenters. The molecule has 0 aromatic heterocycles. The summed E-state index contributed by atoms with van der Waals surface area (Å²) >= 11 is 0. The first-order valence-electron chi connectivity index (χ1n) is 3.37. The lowest BCUT2D eigenvalue weighted by Gasteiger charge is -1.94. The molecule has 4 heteroatoms. The molecule has 0 unspecified atom stereocenters. The van der Waals surface area contributed by atoms with Gasteiger partial charge in [-0.15, -0.1) is 0 Å². The average molecular weight is 168 g/mol. The first kappa shape index (κ1) is 8.52. The molecule has 0 spiro atoms. The van der Waals surface area contributed by atoms with Crippen LogP contribution < -0.4 is 0 Å². The predicted molar refractivity (Wildman–Crippen MR) is 40.2 cm³/mol. The van der Waals surface area contributed by atoms with E-state index in [1.54, 1.807) is 0 Å². The van der Waals surface area contributed by atoms with Crippen LogP contribution in [0.1, 0.15) is 13.8 Å². The second-order valence-corrected chi connectivity index (χ2v) is 2.48. The average Bonchev–Trinajstić information content (AvgIpc) is 2.17. The van der Waals surface area contributed by atoms with Crippen LogP contribution in [0, 0.1) is 0 Å². The number of carbonyl (C=O) groups is 2. The quantitative estimate of drug-likeness (QED) is 0.465. The fourth-order valence-electron chi connectivity index (χ4n) is 0.789. The summed E-state index contributed by atoms with van der Waals surface area (Å²) in [6.45, 7) is 2.74. The van der Waals surface area contributed by atoms with Crippen LogP contribution in [0.15, 0.2) is 23.2 Å². The Labute approximate surface area is 69.1 Å². The van der Waals surface area contributed by atoms with Crippen molar-refractivity contribution in [3.8, 4) is 0 Å². The molecule has 0 amide bonds. The van der Waals surface area contributed by atoms with E-state index >= 15 is 0 Å². The second kappa shape index (κ2) is 2.81. The first-order valence-corrected chi connectivity index (χ1v) is 3.37. The van der Waals surface area contributed by atoms with Crippen LogP contribution >= 0.6 is 0 Å². The summed E-state index contributed by atoms with van der Waals surface area (Å²) in [4.78, 5) is 21.3. The molecule has 1 N–H and O–H groups in total. The van der Waals surface area contributed by atoms with Crippen LogP contribution in [0.25, 0.3) is 0 Å². The molecule has 4 nitrogen and oxygen atoms in total. The van der Waals surface area contributed by atoms with Crippen molar-refractivity contribution < 1.29 is 19.4 Å². The summed E-state index contributed by atoms with van der Waals surface area (Å²) in [6.07, 6.45) is 1.07. The first-order chi connectivity index (χ1) is 5.52. The largest absolute Gasteiger partial charge is 0.504 e. The van der Waals surface area contributed by atoms with Gasteiger partial charge in [0.2, 0.25) is 0 Å². The number of hydrogen-bond donors (Lipinski definition) is 1. The van der Waals surface area contributed by atoms with Crippen molar-refractivity contribution in [2.75, 3.05) is 0 Å². The molecule has 12 heavy (non-hydrogen) atoms. The molecule has 0 radical (unpaired) electrons. The van der Waals surface area contributed by atoms with Crippen LogP contribution in [0.5, 0.6) is 0 Å². The monoisotopic (exact) mass is 168 g/mol. The number of ether oxygens (including phenoxy) is 1. The van der Waals surface area contributed by atoms with Crippen molar-refractivity contribution in [1.82, 2.24) is 0 Å². The van der Waals surface area contributed by atoms with Crippen molar-refractivity contribution in [1.29, 1.82) is 0 Å². The van der Waals surface area contributed by atoms with Crippen molar-refractivity contribution in [2.45, 2.75) is 13.8 Å². The number of carbonyl (C=O) groups excluding carboxylic acids is 2. The Morgan fingerprint density at radius 3 is 2.50 bits per heavy atom. The molecule has 0 saturated carbocycles. The van der Waals surface area contributed by atoms with Crippen molar-refractivity contribution >= 4 is 11.8 Å². The number of aliphatic hydroxyl groups is 1. The van der Waals surface area contributed by atoms with Gasteiger partial charge < -0.3 is 9.84 Å². The number of aliphatic hydroxyl groups excluding tert-OH is 1. The SMILES string of the molecule is CC(=O)C=C1OC(=O)C(C)=C1O. The second-order valence-electron chi connectivity index (χ2n) is 2.48. The van der Waals surface area contributed by atoms with Crippen LogP contribution in [-0.4, -0.2) is 16.9 Å². The van der Waals surface area contributed by atoms with E-state index in [1.165, 1.54) is 13.8 Å². The molecule has 1 heterocycles. The van der Waals surface area contributed by atoms with Gasteiger partial charge in [-0.05, 0) is 13.8 Å². The maximum Gasteiger partial charge on any atom is 0.343 e. The van der Waals surface area contributed by atoms with Gasteiger partial charge in [0.1, 0.15) is 0 Å². The molecule has 1 aliphatic rings. The lowest BCUT2D eigenvalue weighted by Crippen LogP contribution is -1.96. The van der Waals surface area contributed by atoms with Gasteiger partial charge in [-0.25, -0.2) is 4.79 Å². The summed E-state index contributed by atoms with van der Waals surface area (Å²) in [6, 6.07) is 0. The molecule has 1 aliphatic heterocycles. The molecule has 0 bridgehead atoms. The molecule has 0 aliphatic carbocycles. The van der Waals surface area contributed by atoms with Gasteiger partial charge in [-0.2, -0.15) is 0 Å². The van der Waals surface area contributed by atoms with Crippen LogP contribution in [0.4, 0.5) is 0 Å². The van der Waals surface area contributed by atoms with E-state index < -0.39 is 5.97 Å². The van der Waals surface area contributed by atoms with Gasteiger partial charge in [-0.1, -0.05) is 0 Å². The summed E-state index contributed by atoms with van der Waals surface area (Å²) in [7, 11) is 0. The van der Waals surface area contributed by atoms with Gasteiger partial charge in [0.05, 0.1) is 5.57 Å². The Morgan fingerprint density at radius 2 is 2.17 bits per heavy atom. The Morgan fingerprint density at radius 1 is 1.58 bits per heavy atom. The number of cyclic esters (lactones) is 1. The van der Waals surface area contributed by atoms with Crippen molar-refractivity contribution in [2.24, 2.45) is 0 Å². The minimum Gasteiger partial charge on any atom is -0.504 e. The van der Waals surface area contributed by atoms with E-state index in [0.29, 0.717) is 0 Å². The standard InChI is InChI=1S/C8H8O4/c1-4(9)3-6-7(10)5(2)8(11)12-6/h3,10H,1-2H3. The van der Waals surface area contributed by atoms with Crippen LogP contribution in [0.2, 0.25) is 0 Å². The third-order valence-corrected chi connectivity index (χ3v) is 1.43. The third kappa shape index (κ3) is 1.37. The minimum absolute atomic E-state index is 0.0648. The Kier molecular flexibility index (Phi) is 1.99. The molecule has 0 aromatic rings. The van der Waals surface area contributed by atoms with E-state index in [1.807, 2.05) is 0 Å². The van der Waals surface area contributed by atoms with Gasteiger partial charge >= 0.3 is 5.97 Å². The number of esters is 1. The number of ketones is 1. The fraction of sp³-hybridized carbons (Fsp3) is 0.250. The normalized spacial score (nSPS) is 20.2. The van der Waals surface area contributed by atoms with Gasteiger partial charge in [0, 0.05) is 6.08 Å². The topological polar surface area (TPSA) is 63.6 Å². The van der Waals surface area contributed by atoms with Crippen LogP contribution in [0.3, 0.4) is 0 Å². The van der Waals surface area contributed by atoms with E-state index in [-0.39, 0.29) is 22.9 Å². The molecule has 1 rings (SSSR count). The molecule has 0 saturated heterocycles. The third-order valence-electron chi connectivity index (χ3n) is 1.43. The minimum atomic E-state index is -0.611. The summed E-state index contributed by atoms with van der Waals surface area (Å²) in [5.41, 5.74) is 0.127. The summed E-state index contributed by atoms with van der Waals surface area (Å²) < 4.78 is 4.57. The van der Waals surface area contributed by atoms with E-state index in [4.69, 9.17) is 0 Å². The van der Waals surface area contributed by atoms with E-state index in [9.17, 15) is 14.7 Å². The smallest absolute Gasteiger partial charge is 0.343 e. The highest BCUT2D eigenvalue weighted by Gasteiger charge is 2.26. The van der Waals surface area contributed by atoms with E-state index in [0.717, 1.165) is 6.08 Å².